The molecular weight excluding hydrogens is 308 g/mol. The number of nitrogens with zero attached hydrogens (tertiary/aromatic N) is 3. The molecule has 0 radical (unpaired) electrons. The summed E-state index contributed by atoms with van der Waals surface area (Å²) < 4.78 is 7.42. The number of aromatic nitrogens is 2. The van der Waals surface area contributed by atoms with Gasteiger partial charge in [0.25, 0.3) is 5.91 Å². The van der Waals surface area contributed by atoms with E-state index in [-0.39, 0.29) is 23.8 Å². The van der Waals surface area contributed by atoms with Gasteiger partial charge in [0.2, 0.25) is 5.91 Å². The zero-order valence-corrected chi connectivity index (χ0v) is 14.6. The zero-order chi connectivity index (χ0) is 17.3. The Kier molecular flexibility index (Phi) is 4.89. The molecule has 7 nitrogen and oxygen atoms in total. The summed E-state index contributed by atoms with van der Waals surface area (Å²) in [4.78, 5) is 26.4. The fourth-order valence-electron chi connectivity index (χ4n) is 3.60. The quantitative estimate of drug-likeness (QED) is 0.859. The molecule has 2 fully saturated rings. The molecule has 0 bridgehead atoms. The Morgan fingerprint density at radius 3 is 2.88 bits per heavy atom. The van der Waals surface area contributed by atoms with Crippen LogP contribution < -0.4 is 5.32 Å². The molecule has 3 rings (SSSR count). The van der Waals surface area contributed by atoms with Gasteiger partial charge in [-0.1, -0.05) is 13.8 Å². The summed E-state index contributed by atoms with van der Waals surface area (Å²) in [6, 6.07) is 1.70. The van der Waals surface area contributed by atoms with Crippen LogP contribution in [0.25, 0.3) is 0 Å². The molecule has 1 aromatic heterocycles. The molecule has 0 aromatic carbocycles. The molecule has 0 spiro atoms. The first-order valence-corrected chi connectivity index (χ1v) is 8.61. The zero-order valence-electron chi connectivity index (χ0n) is 14.6. The van der Waals surface area contributed by atoms with Crippen LogP contribution in [-0.2, 0) is 16.6 Å². The van der Waals surface area contributed by atoms with Crippen molar-refractivity contribution in [1.82, 2.24) is 20.0 Å². The molecule has 7 heteroatoms. The lowest BCUT2D eigenvalue weighted by molar-refractivity contribution is -0.131. The van der Waals surface area contributed by atoms with Crippen LogP contribution in [0.1, 0.15) is 30.8 Å². The lowest BCUT2D eigenvalue weighted by Crippen LogP contribution is -2.36. The summed E-state index contributed by atoms with van der Waals surface area (Å²) in [7, 11) is 1.75. The van der Waals surface area contributed by atoms with Crippen LogP contribution in [0.15, 0.2) is 12.3 Å². The predicted molar refractivity (Wildman–Crippen MR) is 88.3 cm³/mol. The normalized spacial score (nSPS) is 26.0. The van der Waals surface area contributed by atoms with Crippen molar-refractivity contribution in [3.8, 4) is 0 Å². The Morgan fingerprint density at radius 1 is 1.42 bits per heavy atom. The van der Waals surface area contributed by atoms with Crippen molar-refractivity contribution >= 4 is 11.8 Å². The van der Waals surface area contributed by atoms with E-state index >= 15 is 0 Å². The van der Waals surface area contributed by atoms with Gasteiger partial charge in [-0.15, -0.1) is 0 Å². The van der Waals surface area contributed by atoms with Crippen molar-refractivity contribution in [3.63, 3.8) is 0 Å². The second-order valence-corrected chi connectivity index (χ2v) is 7.24. The Morgan fingerprint density at radius 2 is 2.21 bits per heavy atom. The van der Waals surface area contributed by atoms with E-state index in [0.717, 1.165) is 6.54 Å². The second kappa shape index (κ2) is 6.93. The number of hydrogen-bond acceptors (Lipinski definition) is 4. The van der Waals surface area contributed by atoms with Crippen molar-refractivity contribution in [3.05, 3.63) is 18.0 Å². The first kappa shape index (κ1) is 17.0. The number of hydrogen-bond donors (Lipinski definition) is 1. The Hall–Kier alpha value is -1.89. The standard InChI is InChI=1S/C17H26N4O3/c1-11(2)6-16(22)21-8-13-12(10-24-15(13)9-21)7-18-17(23)14-4-5-19-20(14)3/h4-5,11-13,15H,6-10H2,1-3H3,(H,18,23)/t12-,13+,15+/m0/s1. The summed E-state index contributed by atoms with van der Waals surface area (Å²) in [5, 5.41) is 6.98. The average Bonchev–Trinajstić information content (AvgIpc) is 3.19. The largest absolute Gasteiger partial charge is 0.376 e. The molecule has 1 aromatic rings. The first-order chi connectivity index (χ1) is 11.5. The van der Waals surface area contributed by atoms with Crippen molar-refractivity contribution < 1.29 is 14.3 Å². The number of amides is 2. The van der Waals surface area contributed by atoms with Crippen LogP contribution in [0.3, 0.4) is 0 Å². The van der Waals surface area contributed by atoms with Gasteiger partial charge < -0.3 is 15.0 Å². The molecule has 2 aliphatic heterocycles. The molecule has 132 valence electrons. The summed E-state index contributed by atoms with van der Waals surface area (Å²) in [5.74, 6) is 1.02. The number of aryl methyl sites for hydroxylation is 1. The molecule has 0 aliphatic carbocycles. The minimum Gasteiger partial charge on any atom is -0.376 e. The van der Waals surface area contributed by atoms with Crippen LogP contribution in [0.2, 0.25) is 0 Å². The van der Waals surface area contributed by atoms with Crippen LogP contribution in [0.5, 0.6) is 0 Å². The lowest BCUT2D eigenvalue weighted by atomic mass is 9.93. The Balaban J connectivity index is 1.52. The second-order valence-electron chi connectivity index (χ2n) is 7.24. The molecule has 1 N–H and O–H groups in total. The highest BCUT2D eigenvalue weighted by molar-refractivity contribution is 5.92. The summed E-state index contributed by atoms with van der Waals surface area (Å²) in [6.07, 6.45) is 2.31. The van der Waals surface area contributed by atoms with Gasteiger partial charge in [0.05, 0.1) is 12.7 Å². The Bertz CT molecular complexity index is 613. The number of likely N-dealkylation sites (tertiary alicyclic amines) is 1. The minimum atomic E-state index is -0.121. The maximum absolute atomic E-state index is 12.2. The minimum absolute atomic E-state index is 0.111. The predicted octanol–water partition coefficient (Wildman–Crippen LogP) is 0.669. The van der Waals surface area contributed by atoms with Crippen LogP contribution in [-0.4, -0.2) is 58.8 Å². The average molecular weight is 334 g/mol. The van der Waals surface area contributed by atoms with E-state index in [9.17, 15) is 9.59 Å². The molecule has 0 unspecified atom stereocenters. The third kappa shape index (κ3) is 3.45. The third-order valence-corrected chi connectivity index (χ3v) is 4.95. The van der Waals surface area contributed by atoms with Crippen molar-refractivity contribution in [2.45, 2.75) is 26.4 Å². The lowest BCUT2D eigenvalue weighted by Gasteiger charge is -2.21. The van der Waals surface area contributed by atoms with Gasteiger partial charge in [0.1, 0.15) is 5.69 Å². The summed E-state index contributed by atoms with van der Waals surface area (Å²) >= 11 is 0. The van der Waals surface area contributed by atoms with Crippen LogP contribution >= 0.6 is 0 Å². The molecule has 24 heavy (non-hydrogen) atoms. The van der Waals surface area contributed by atoms with Gasteiger partial charge in [-0.3, -0.25) is 14.3 Å². The van der Waals surface area contributed by atoms with E-state index in [4.69, 9.17) is 4.74 Å². The number of carbonyl (C=O) groups is 2. The van der Waals surface area contributed by atoms with Gasteiger partial charge in [-0.2, -0.15) is 5.10 Å². The fraction of sp³-hybridized carbons (Fsp3) is 0.706. The topological polar surface area (TPSA) is 76.5 Å². The molecule has 2 aliphatic rings. The highest BCUT2D eigenvalue weighted by Gasteiger charge is 2.45. The van der Waals surface area contributed by atoms with Gasteiger partial charge >= 0.3 is 0 Å². The van der Waals surface area contributed by atoms with Crippen LogP contribution in [0, 0.1) is 17.8 Å². The van der Waals surface area contributed by atoms with Gasteiger partial charge in [-0.25, -0.2) is 0 Å². The monoisotopic (exact) mass is 334 g/mol. The molecule has 0 saturated carbocycles. The number of nitrogens with one attached hydrogen (secondary N) is 1. The number of ether oxygens (including phenoxy) is 1. The van der Waals surface area contributed by atoms with E-state index in [0.29, 0.717) is 43.6 Å². The van der Waals surface area contributed by atoms with Gasteiger partial charge in [0, 0.05) is 51.1 Å². The summed E-state index contributed by atoms with van der Waals surface area (Å²) in [5.41, 5.74) is 0.547. The van der Waals surface area contributed by atoms with Crippen molar-refractivity contribution in [2.24, 2.45) is 24.8 Å². The van der Waals surface area contributed by atoms with E-state index in [1.54, 1.807) is 24.0 Å². The Labute approximate surface area is 142 Å². The first-order valence-electron chi connectivity index (χ1n) is 8.61. The van der Waals surface area contributed by atoms with Crippen molar-refractivity contribution in [1.29, 1.82) is 0 Å². The van der Waals surface area contributed by atoms with Crippen molar-refractivity contribution in [2.75, 3.05) is 26.2 Å². The molecule has 3 atom stereocenters. The van der Waals surface area contributed by atoms with E-state index in [1.165, 1.54) is 0 Å². The van der Waals surface area contributed by atoms with Gasteiger partial charge in [-0.05, 0) is 12.0 Å². The fourth-order valence-corrected chi connectivity index (χ4v) is 3.60. The maximum atomic E-state index is 12.2. The molecule has 2 saturated heterocycles. The molecular formula is C17H26N4O3. The smallest absolute Gasteiger partial charge is 0.269 e. The van der Waals surface area contributed by atoms with E-state index < -0.39 is 0 Å². The van der Waals surface area contributed by atoms with E-state index in [1.807, 2.05) is 4.90 Å². The maximum Gasteiger partial charge on any atom is 0.269 e. The highest BCUT2D eigenvalue weighted by Crippen LogP contribution is 2.33. The van der Waals surface area contributed by atoms with Gasteiger partial charge in [0.15, 0.2) is 0 Å². The molecule has 3 heterocycles. The summed E-state index contributed by atoms with van der Waals surface area (Å²) in [6.45, 7) is 6.75. The third-order valence-electron chi connectivity index (χ3n) is 4.95. The number of fused-ring (bicyclic) bond motifs is 1. The van der Waals surface area contributed by atoms with E-state index in [2.05, 4.69) is 24.3 Å². The number of rotatable bonds is 5. The van der Waals surface area contributed by atoms with Crippen LogP contribution in [0.4, 0.5) is 0 Å². The SMILES string of the molecule is CC(C)CC(=O)N1C[C@@H]2[C@@H](CNC(=O)c3ccnn3C)CO[C@@H]2C1. The molecule has 2 amide bonds. The highest BCUT2D eigenvalue weighted by atomic mass is 16.5. The number of carbonyl (C=O) groups excluding carboxylic acids is 2.